The maximum Gasteiger partial charge on any atom is 0.349 e. The number of amides is 1. The average Bonchev–Trinajstić information content (AvgIpc) is 3.03. The fraction of sp³-hybridized carbons (Fsp3) is 0.111. The normalized spacial score (nSPS) is 13.0. The van der Waals surface area contributed by atoms with Crippen LogP contribution in [0.4, 0.5) is 11.4 Å². The largest absolute Gasteiger partial charge is 0.422 e. The third kappa shape index (κ3) is 2.46. The van der Waals surface area contributed by atoms with Gasteiger partial charge in [-0.05, 0) is 30.2 Å². The van der Waals surface area contributed by atoms with Crippen molar-refractivity contribution in [3.8, 4) is 0 Å². The van der Waals surface area contributed by atoms with E-state index in [4.69, 9.17) is 4.42 Å². The van der Waals surface area contributed by atoms with E-state index in [0.717, 1.165) is 0 Å². The number of para-hydroxylation sites is 1. The van der Waals surface area contributed by atoms with Crippen molar-refractivity contribution in [3.05, 3.63) is 80.2 Å². The number of benzene rings is 2. The third-order valence-corrected chi connectivity index (χ3v) is 4.29. The lowest BCUT2D eigenvalue weighted by Gasteiger charge is -2.16. The molecule has 25 heavy (non-hydrogen) atoms. The van der Waals surface area contributed by atoms with Crippen molar-refractivity contribution >= 4 is 28.3 Å². The van der Waals surface area contributed by atoms with Gasteiger partial charge in [-0.15, -0.1) is 0 Å². The van der Waals surface area contributed by atoms with Crippen LogP contribution in [0.3, 0.4) is 0 Å². The summed E-state index contributed by atoms with van der Waals surface area (Å²) in [5.41, 5.74) is 0.958. The SMILES string of the molecule is O=C(c1cc2ccccc2oc1=O)N1CCc2cc([N+](=O)[O-])ccc21. The number of fused-ring (bicyclic) bond motifs is 2. The molecule has 7 heteroatoms. The number of anilines is 1. The highest BCUT2D eigenvalue weighted by Crippen LogP contribution is 2.32. The van der Waals surface area contributed by atoms with Crippen LogP contribution < -0.4 is 10.5 Å². The molecule has 2 aromatic carbocycles. The number of nitrogens with zero attached hydrogens (tertiary/aromatic N) is 2. The molecule has 7 nitrogen and oxygen atoms in total. The highest BCUT2D eigenvalue weighted by Gasteiger charge is 2.29. The van der Waals surface area contributed by atoms with Gasteiger partial charge in [-0.25, -0.2) is 4.79 Å². The zero-order chi connectivity index (χ0) is 17.6. The highest BCUT2D eigenvalue weighted by atomic mass is 16.6. The van der Waals surface area contributed by atoms with Crippen LogP contribution in [-0.2, 0) is 6.42 Å². The number of nitro benzene ring substituents is 1. The second-order valence-electron chi connectivity index (χ2n) is 5.76. The quantitative estimate of drug-likeness (QED) is 0.407. The van der Waals surface area contributed by atoms with Gasteiger partial charge in [0.15, 0.2) is 0 Å². The molecule has 0 saturated heterocycles. The summed E-state index contributed by atoms with van der Waals surface area (Å²) in [6.07, 6.45) is 0.502. The van der Waals surface area contributed by atoms with Gasteiger partial charge in [0.05, 0.1) is 4.92 Å². The average molecular weight is 336 g/mol. The van der Waals surface area contributed by atoms with Crippen molar-refractivity contribution in [1.82, 2.24) is 0 Å². The number of rotatable bonds is 2. The first-order valence-corrected chi connectivity index (χ1v) is 7.66. The Labute approximate surface area is 141 Å². The van der Waals surface area contributed by atoms with Crippen LogP contribution in [-0.4, -0.2) is 17.4 Å². The van der Waals surface area contributed by atoms with Gasteiger partial charge in [-0.3, -0.25) is 14.9 Å². The van der Waals surface area contributed by atoms with E-state index in [-0.39, 0.29) is 11.3 Å². The Morgan fingerprint density at radius 1 is 1.16 bits per heavy atom. The van der Waals surface area contributed by atoms with Gasteiger partial charge in [0.25, 0.3) is 11.6 Å². The van der Waals surface area contributed by atoms with E-state index in [9.17, 15) is 19.7 Å². The number of carbonyl (C=O) groups is 1. The molecule has 0 saturated carbocycles. The van der Waals surface area contributed by atoms with E-state index in [1.54, 1.807) is 30.3 Å². The minimum absolute atomic E-state index is 0.0155. The summed E-state index contributed by atoms with van der Waals surface area (Å²) in [4.78, 5) is 36.9. The molecule has 0 unspecified atom stereocenters. The minimum Gasteiger partial charge on any atom is -0.422 e. The summed E-state index contributed by atoms with van der Waals surface area (Å²) < 4.78 is 5.22. The summed E-state index contributed by atoms with van der Waals surface area (Å²) in [5, 5.41) is 11.5. The zero-order valence-corrected chi connectivity index (χ0v) is 13.0. The Hall–Kier alpha value is -3.48. The first-order chi connectivity index (χ1) is 12.0. The van der Waals surface area contributed by atoms with Gasteiger partial charge >= 0.3 is 5.63 Å². The highest BCUT2D eigenvalue weighted by molar-refractivity contribution is 6.08. The standard InChI is InChI=1S/C18H12N2O5/c21-17(14-10-12-3-1-2-4-16(12)25-18(14)22)19-8-7-11-9-13(20(23)24)5-6-15(11)19/h1-6,9-10H,7-8H2. The number of non-ortho nitro benzene ring substituents is 1. The van der Waals surface area contributed by atoms with Gasteiger partial charge in [0.2, 0.25) is 0 Å². The lowest BCUT2D eigenvalue weighted by atomic mass is 10.1. The van der Waals surface area contributed by atoms with Crippen molar-refractivity contribution in [2.24, 2.45) is 0 Å². The molecule has 0 N–H and O–H groups in total. The molecule has 1 amide bonds. The Morgan fingerprint density at radius 2 is 1.96 bits per heavy atom. The molecule has 0 atom stereocenters. The third-order valence-electron chi connectivity index (χ3n) is 4.29. The van der Waals surface area contributed by atoms with E-state index in [1.165, 1.54) is 23.1 Å². The van der Waals surface area contributed by atoms with E-state index < -0.39 is 16.5 Å². The van der Waals surface area contributed by atoms with E-state index in [0.29, 0.717) is 35.2 Å². The summed E-state index contributed by atoms with van der Waals surface area (Å²) in [6.45, 7) is 0.363. The molecule has 0 spiro atoms. The topological polar surface area (TPSA) is 93.7 Å². The Bertz CT molecular complexity index is 1090. The van der Waals surface area contributed by atoms with Crippen LogP contribution in [0.1, 0.15) is 15.9 Å². The van der Waals surface area contributed by atoms with Gasteiger partial charge in [0, 0.05) is 29.8 Å². The predicted octanol–water partition coefficient (Wildman–Crippen LogP) is 2.90. The molecular weight excluding hydrogens is 324 g/mol. The van der Waals surface area contributed by atoms with Crippen molar-refractivity contribution in [2.45, 2.75) is 6.42 Å². The molecule has 124 valence electrons. The first-order valence-electron chi connectivity index (χ1n) is 7.66. The van der Waals surface area contributed by atoms with Gasteiger partial charge in [-0.1, -0.05) is 18.2 Å². The van der Waals surface area contributed by atoms with Crippen LogP contribution in [0.15, 0.2) is 57.7 Å². The van der Waals surface area contributed by atoms with Crippen LogP contribution in [0.2, 0.25) is 0 Å². The Kier molecular flexibility index (Phi) is 3.35. The number of hydrogen-bond acceptors (Lipinski definition) is 5. The van der Waals surface area contributed by atoms with Crippen molar-refractivity contribution in [1.29, 1.82) is 0 Å². The Balaban J connectivity index is 1.75. The maximum atomic E-state index is 12.8. The molecular formula is C18H12N2O5. The van der Waals surface area contributed by atoms with E-state index >= 15 is 0 Å². The summed E-state index contributed by atoms with van der Waals surface area (Å²) in [5.74, 6) is -0.466. The number of carbonyl (C=O) groups excluding carboxylic acids is 1. The molecule has 0 radical (unpaired) electrons. The summed E-state index contributed by atoms with van der Waals surface area (Å²) in [6, 6.07) is 12.8. The maximum absolute atomic E-state index is 12.8. The van der Waals surface area contributed by atoms with Gasteiger partial charge in [0.1, 0.15) is 11.1 Å². The van der Waals surface area contributed by atoms with Crippen LogP contribution in [0.5, 0.6) is 0 Å². The summed E-state index contributed by atoms with van der Waals surface area (Å²) >= 11 is 0. The lowest BCUT2D eigenvalue weighted by Crippen LogP contribution is -2.32. The first kappa shape index (κ1) is 15.1. The number of hydrogen-bond donors (Lipinski definition) is 0. The lowest BCUT2D eigenvalue weighted by molar-refractivity contribution is -0.384. The van der Waals surface area contributed by atoms with Crippen molar-refractivity contribution in [2.75, 3.05) is 11.4 Å². The smallest absolute Gasteiger partial charge is 0.349 e. The monoisotopic (exact) mass is 336 g/mol. The minimum atomic E-state index is -0.695. The molecule has 0 bridgehead atoms. The van der Waals surface area contributed by atoms with Crippen LogP contribution >= 0.6 is 0 Å². The van der Waals surface area contributed by atoms with E-state index in [2.05, 4.69) is 0 Å². The molecule has 1 aromatic heterocycles. The number of nitro groups is 1. The molecule has 3 aromatic rings. The van der Waals surface area contributed by atoms with Crippen LogP contribution in [0, 0.1) is 10.1 Å². The van der Waals surface area contributed by atoms with Crippen LogP contribution in [0.25, 0.3) is 11.0 Å². The molecule has 1 aliphatic heterocycles. The fourth-order valence-electron chi connectivity index (χ4n) is 3.07. The van der Waals surface area contributed by atoms with E-state index in [1.807, 2.05) is 0 Å². The Morgan fingerprint density at radius 3 is 2.76 bits per heavy atom. The van der Waals surface area contributed by atoms with Crippen molar-refractivity contribution < 1.29 is 14.1 Å². The molecule has 1 aliphatic rings. The van der Waals surface area contributed by atoms with Crippen molar-refractivity contribution in [3.63, 3.8) is 0 Å². The second kappa shape index (κ2) is 5.55. The molecule has 0 fully saturated rings. The molecule has 4 rings (SSSR count). The molecule has 2 heterocycles. The second-order valence-corrected chi connectivity index (χ2v) is 5.76. The van der Waals surface area contributed by atoms with Gasteiger partial charge < -0.3 is 9.32 Å². The molecule has 0 aliphatic carbocycles. The van der Waals surface area contributed by atoms with Gasteiger partial charge in [-0.2, -0.15) is 0 Å². The summed E-state index contributed by atoms with van der Waals surface area (Å²) in [7, 11) is 0. The zero-order valence-electron chi connectivity index (χ0n) is 13.0. The predicted molar refractivity (Wildman–Crippen MR) is 91.0 cm³/mol. The fourth-order valence-corrected chi connectivity index (χ4v) is 3.07.